The van der Waals surface area contributed by atoms with E-state index < -0.39 is 7.14 Å². The van der Waals surface area contributed by atoms with E-state index in [2.05, 4.69) is 120 Å². The van der Waals surface area contributed by atoms with Gasteiger partial charge in [-0.3, -0.25) is 4.40 Å². The molecule has 0 amide bonds. The third-order valence-electron chi connectivity index (χ3n) is 10.5. The molecule has 260 valence electrons. The number of pyridine rings is 2. The van der Waals surface area contributed by atoms with Gasteiger partial charge in [-0.05, 0) is 29.3 Å². The van der Waals surface area contributed by atoms with Crippen molar-refractivity contribution in [3.63, 3.8) is 0 Å². The van der Waals surface area contributed by atoms with Crippen LogP contribution in [0, 0.1) is 0 Å². The van der Waals surface area contributed by atoms with Gasteiger partial charge in [0.15, 0.2) is 7.14 Å². The second-order valence-corrected chi connectivity index (χ2v) is 16.5. The second kappa shape index (κ2) is 13.5. The lowest BCUT2D eigenvalue weighted by Crippen LogP contribution is -2.24. The zero-order chi connectivity index (χ0) is 36.8. The standard InChI is InChI=1S/C50H34N3OP/c54-55(40-22-9-3-10-23-40,41-24-11-4-12-25-41)42-30-28-35(29-31-42)38-20-15-21-39(34-38)49-48(37-18-7-2-8-19-37)52-50-46-43-26-13-14-27-45(43)51-47(36-16-5-1-6-17-36)44(46)32-33-53(49)50/h1-34H. The Balaban J connectivity index is 1.15. The molecule has 0 saturated carbocycles. The van der Waals surface area contributed by atoms with Gasteiger partial charge < -0.3 is 4.57 Å². The largest absolute Gasteiger partial charge is 0.309 e. The molecule has 0 fully saturated rings. The van der Waals surface area contributed by atoms with Crippen molar-refractivity contribution in [2.75, 3.05) is 0 Å². The average molecular weight is 724 g/mol. The van der Waals surface area contributed by atoms with Crippen LogP contribution in [0.4, 0.5) is 0 Å². The Morgan fingerprint density at radius 2 is 0.927 bits per heavy atom. The lowest BCUT2D eigenvalue weighted by atomic mass is 9.99. The lowest BCUT2D eigenvalue weighted by molar-refractivity contribution is 0.592. The molecule has 5 heteroatoms. The molecular formula is C50H34N3OP. The Morgan fingerprint density at radius 3 is 1.58 bits per heavy atom. The summed E-state index contributed by atoms with van der Waals surface area (Å²) in [7, 11) is -3.08. The first-order chi connectivity index (χ1) is 27.2. The van der Waals surface area contributed by atoms with Crippen LogP contribution in [-0.2, 0) is 4.57 Å². The molecule has 4 nitrogen and oxygen atoms in total. The van der Waals surface area contributed by atoms with E-state index in [-0.39, 0.29) is 0 Å². The van der Waals surface area contributed by atoms with E-state index >= 15 is 4.57 Å². The van der Waals surface area contributed by atoms with Crippen LogP contribution < -0.4 is 15.9 Å². The summed E-state index contributed by atoms with van der Waals surface area (Å²) in [5.41, 5.74) is 9.96. The summed E-state index contributed by atoms with van der Waals surface area (Å²) in [5.74, 6) is 0. The van der Waals surface area contributed by atoms with Gasteiger partial charge in [0.25, 0.3) is 0 Å². The Bertz CT molecular complexity index is 2990. The van der Waals surface area contributed by atoms with Gasteiger partial charge in [0.2, 0.25) is 0 Å². The molecule has 0 aliphatic carbocycles. The van der Waals surface area contributed by atoms with Crippen LogP contribution >= 0.6 is 7.14 Å². The van der Waals surface area contributed by atoms with E-state index in [0.717, 1.165) is 88.1 Å². The summed E-state index contributed by atoms with van der Waals surface area (Å²) in [6.45, 7) is 0. The number of imidazole rings is 1. The molecule has 3 aromatic heterocycles. The first kappa shape index (κ1) is 32.8. The summed E-state index contributed by atoms with van der Waals surface area (Å²) in [4.78, 5) is 10.6. The summed E-state index contributed by atoms with van der Waals surface area (Å²) in [6.07, 6.45) is 2.14. The molecule has 0 spiro atoms. The topological polar surface area (TPSA) is 47.3 Å². The van der Waals surface area contributed by atoms with Crippen LogP contribution in [-0.4, -0.2) is 14.4 Å². The monoisotopic (exact) mass is 723 g/mol. The summed E-state index contributed by atoms with van der Waals surface area (Å²) in [6, 6.07) is 67.9. The smallest absolute Gasteiger partial charge is 0.171 e. The number of benzene rings is 7. The number of fused-ring (bicyclic) bond motifs is 5. The fraction of sp³-hybridized carbons (Fsp3) is 0. The highest BCUT2D eigenvalue weighted by atomic mass is 31.2. The van der Waals surface area contributed by atoms with Gasteiger partial charge in [0.05, 0.1) is 22.6 Å². The van der Waals surface area contributed by atoms with Gasteiger partial charge in [-0.25, -0.2) is 9.97 Å². The van der Waals surface area contributed by atoms with Crippen molar-refractivity contribution in [3.05, 3.63) is 206 Å². The molecule has 10 rings (SSSR count). The minimum Gasteiger partial charge on any atom is -0.309 e. The molecular weight excluding hydrogens is 690 g/mol. The normalized spacial score (nSPS) is 11.7. The SMILES string of the molecule is O=P(c1ccccc1)(c1ccccc1)c1ccc(-c2cccc(-c3c(-c4ccccc4)nc4c5c(ccn34)c(-c3ccccc3)nc3ccccc35)c2)cc1. The van der Waals surface area contributed by atoms with Crippen molar-refractivity contribution < 1.29 is 4.57 Å². The lowest BCUT2D eigenvalue weighted by Gasteiger charge is -2.20. The predicted octanol–water partition coefficient (Wildman–Crippen LogP) is 11.3. The van der Waals surface area contributed by atoms with Crippen LogP contribution in [0.3, 0.4) is 0 Å². The molecule has 7 aromatic carbocycles. The van der Waals surface area contributed by atoms with E-state index in [9.17, 15) is 0 Å². The van der Waals surface area contributed by atoms with Gasteiger partial charge in [0, 0.05) is 55.0 Å². The highest BCUT2D eigenvalue weighted by Crippen LogP contribution is 2.43. The molecule has 0 atom stereocenters. The molecule has 55 heavy (non-hydrogen) atoms. The number of hydrogen-bond acceptors (Lipinski definition) is 3. The van der Waals surface area contributed by atoms with Crippen molar-refractivity contribution in [2.45, 2.75) is 0 Å². The number of hydrogen-bond donors (Lipinski definition) is 0. The zero-order valence-corrected chi connectivity index (χ0v) is 30.7. The van der Waals surface area contributed by atoms with Crippen LogP contribution in [0.5, 0.6) is 0 Å². The van der Waals surface area contributed by atoms with Gasteiger partial charge in [0.1, 0.15) is 5.65 Å². The highest BCUT2D eigenvalue weighted by Gasteiger charge is 2.29. The minimum absolute atomic E-state index is 0.807. The number of rotatable bonds is 7. The Kier molecular flexibility index (Phi) is 8.05. The van der Waals surface area contributed by atoms with Crippen molar-refractivity contribution in [1.82, 2.24) is 14.4 Å². The van der Waals surface area contributed by atoms with E-state index in [1.807, 2.05) is 91.0 Å². The van der Waals surface area contributed by atoms with Crippen LogP contribution in [0.25, 0.3) is 72.2 Å². The summed E-state index contributed by atoms with van der Waals surface area (Å²) >= 11 is 0. The fourth-order valence-corrected chi connectivity index (χ4v) is 10.5. The van der Waals surface area contributed by atoms with E-state index in [4.69, 9.17) is 9.97 Å². The van der Waals surface area contributed by atoms with Crippen molar-refractivity contribution >= 4 is 50.4 Å². The molecule has 10 aromatic rings. The Hall–Kier alpha value is -6.87. The molecule has 0 bridgehead atoms. The molecule has 0 aliphatic heterocycles. The van der Waals surface area contributed by atoms with Gasteiger partial charge in [-0.1, -0.05) is 182 Å². The molecule has 0 radical (unpaired) electrons. The Morgan fingerprint density at radius 1 is 0.400 bits per heavy atom. The number of nitrogens with zero attached hydrogens (tertiary/aromatic N) is 3. The third kappa shape index (κ3) is 5.58. The first-order valence-corrected chi connectivity index (χ1v) is 20.1. The predicted molar refractivity (Wildman–Crippen MR) is 229 cm³/mol. The highest BCUT2D eigenvalue weighted by molar-refractivity contribution is 7.85. The second-order valence-electron chi connectivity index (χ2n) is 13.7. The maximum absolute atomic E-state index is 15.0. The van der Waals surface area contributed by atoms with Crippen molar-refractivity contribution in [2.24, 2.45) is 0 Å². The van der Waals surface area contributed by atoms with Crippen LogP contribution in [0.2, 0.25) is 0 Å². The molecule has 0 aliphatic rings. The van der Waals surface area contributed by atoms with E-state index in [0.29, 0.717) is 0 Å². The van der Waals surface area contributed by atoms with Gasteiger partial charge >= 0.3 is 0 Å². The number of para-hydroxylation sites is 1. The van der Waals surface area contributed by atoms with E-state index in [1.54, 1.807) is 0 Å². The minimum atomic E-state index is -3.08. The van der Waals surface area contributed by atoms with Crippen molar-refractivity contribution in [3.8, 4) is 44.9 Å². The maximum Gasteiger partial charge on any atom is 0.171 e. The van der Waals surface area contributed by atoms with Crippen LogP contribution in [0.1, 0.15) is 0 Å². The molecule has 0 N–H and O–H groups in total. The van der Waals surface area contributed by atoms with E-state index in [1.165, 1.54) is 0 Å². The molecule has 3 heterocycles. The Labute approximate surface area is 319 Å². The quantitative estimate of drug-likeness (QED) is 0.121. The molecule has 0 saturated heterocycles. The average Bonchev–Trinajstić information content (AvgIpc) is 3.67. The third-order valence-corrected chi connectivity index (χ3v) is 13.6. The summed E-state index contributed by atoms with van der Waals surface area (Å²) in [5, 5.41) is 5.65. The van der Waals surface area contributed by atoms with Gasteiger partial charge in [-0.15, -0.1) is 0 Å². The van der Waals surface area contributed by atoms with Crippen LogP contribution in [0.15, 0.2) is 206 Å². The fourth-order valence-electron chi connectivity index (χ4n) is 7.86. The maximum atomic E-state index is 15.0. The zero-order valence-electron chi connectivity index (χ0n) is 29.8. The number of aromatic nitrogens is 3. The first-order valence-electron chi connectivity index (χ1n) is 18.4. The molecule has 0 unspecified atom stereocenters. The van der Waals surface area contributed by atoms with Gasteiger partial charge in [-0.2, -0.15) is 0 Å². The summed E-state index contributed by atoms with van der Waals surface area (Å²) < 4.78 is 17.3. The van der Waals surface area contributed by atoms with Crippen molar-refractivity contribution in [1.29, 1.82) is 0 Å².